The van der Waals surface area contributed by atoms with Gasteiger partial charge >= 0.3 is 23.9 Å². The standard InChI is InChI=1S/C14H22N2O8/c15-13(6-10(21)22)3-1-2-12(4-8(17)18,5-9(19)20)14(13,16)7-11(23)24/h1-7,15-16H2,(H,17,18)(H,19,20)(H,21,22)(H,23,24)/t13-,14+/m0/s1. The van der Waals surface area contributed by atoms with E-state index in [9.17, 15) is 34.5 Å². The number of nitrogens with two attached hydrogens (primary N) is 2. The van der Waals surface area contributed by atoms with E-state index in [-0.39, 0.29) is 19.3 Å². The van der Waals surface area contributed by atoms with Gasteiger partial charge in [-0.1, -0.05) is 6.42 Å². The maximum Gasteiger partial charge on any atom is 0.305 e. The van der Waals surface area contributed by atoms with Crippen LogP contribution < -0.4 is 11.5 Å². The Morgan fingerprint density at radius 2 is 1.12 bits per heavy atom. The highest BCUT2D eigenvalue weighted by Gasteiger charge is 2.63. The Morgan fingerprint density at radius 3 is 1.50 bits per heavy atom. The van der Waals surface area contributed by atoms with Gasteiger partial charge in [0.2, 0.25) is 0 Å². The van der Waals surface area contributed by atoms with Crippen molar-refractivity contribution in [2.45, 2.75) is 56.0 Å². The molecule has 10 nitrogen and oxygen atoms in total. The lowest BCUT2D eigenvalue weighted by Gasteiger charge is -2.59. The first-order valence-corrected chi connectivity index (χ1v) is 7.32. The van der Waals surface area contributed by atoms with E-state index in [1.54, 1.807) is 0 Å². The van der Waals surface area contributed by atoms with Gasteiger partial charge in [0.05, 0.1) is 31.2 Å². The van der Waals surface area contributed by atoms with Crippen LogP contribution in [-0.4, -0.2) is 55.4 Å². The van der Waals surface area contributed by atoms with E-state index in [1.165, 1.54) is 0 Å². The van der Waals surface area contributed by atoms with E-state index in [0.717, 1.165) is 0 Å². The van der Waals surface area contributed by atoms with Gasteiger partial charge in [-0.25, -0.2) is 0 Å². The van der Waals surface area contributed by atoms with E-state index in [1.807, 2.05) is 0 Å². The van der Waals surface area contributed by atoms with Crippen LogP contribution in [0, 0.1) is 5.41 Å². The van der Waals surface area contributed by atoms with Crippen molar-refractivity contribution in [2.75, 3.05) is 0 Å². The lowest BCUT2D eigenvalue weighted by molar-refractivity contribution is -0.158. The van der Waals surface area contributed by atoms with Crippen LogP contribution in [-0.2, 0) is 19.2 Å². The average Bonchev–Trinajstić information content (AvgIpc) is 2.33. The summed E-state index contributed by atoms with van der Waals surface area (Å²) >= 11 is 0. The third kappa shape index (κ3) is 3.65. The zero-order valence-electron chi connectivity index (χ0n) is 13.0. The summed E-state index contributed by atoms with van der Waals surface area (Å²) < 4.78 is 0. The molecule has 1 aliphatic carbocycles. The fourth-order valence-electron chi connectivity index (χ4n) is 3.97. The number of hydrogen-bond acceptors (Lipinski definition) is 6. The smallest absolute Gasteiger partial charge is 0.305 e. The van der Waals surface area contributed by atoms with Crippen LogP contribution in [0.1, 0.15) is 44.9 Å². The predicted molar refractivity (Wildman–Crippen MR) is 79.1 cm³/mol. The van der Waals surface area contributed by atoms with Crippen LogP contribution in [0.2, 0.25) is 0 Å². The minimum atomic E-state index is -2.00. The topological polar surface area (TPSA) is 201 Å². The molecule has 0 aromatic carbocycles. The van der Waals surface area contributed by atoms with Crippen molar-refractivity contribution in [3.8, 4) is 0 Å². The number of hydrogen-bond donors (Lipinski definition) is 6. The maximum absolute atomic E-state index is 11.3. The molecule has 1 fully saturated rings. The first-order chi connectivity index (χ1) is 10.9. The molecule has 1 saturated carbocycles. The summed E-state index contributed by atoms with van der Waals surface area (Å²) in [6.07, 6.45) is -2.57. The summed E-state index contributed by atoms with van der Waals surface area (Å²) in [5.74, 6) is -5.42. The lowest BCUT2D eigenvalue weighted by Crippen LogP contribution is -2.76. The molecule has 0 aromatic rings. The molecule has 0 saturated heterocycles. The number of aliphatic carboxylic acids is 4. The van der Waals surface area contributed by atoms with Crippen LogP contribution in [0.3, 0.4) is 0 Å². The summed E-state index contributed by atoms with van der Waals surface area (Å²) in [5, 5.41) is 36.8. The first-order valence-electron chi connectivity index (χ1n) is 7.32. The SMILES string of the molecule is N[C@]1(CC(=O)O)CCCC(CC(=O)O)(CC(=O)O)[C@]1(N)CC(=O)O. The molecule has 2 atom stereocenters. The minimum absolute atomic E-state index is 0.0357. The molecule has 0 bridgehead atoms. The van der Waals surface area contributed by atoms with E-state index >= 15 is 0 Å². The van der Waals surface area contributed by atoms with E-state index in [2.05, 4.69) is 0 Å². The molecular weight excluding hydrogens is 324 g/mol. The molecule has 0 aromatic heterocycles. The van der Waals surface area contributed by atoms with Crippen molar-refractivity contribution >= 4 is 23.9 Å². The van der Waals surface area contributed by atoms with E-state index < -0.39 is 66.1 Å². The van der Waals surface area contributed by atoms with Crippen molar-refractivity contribution in [2.24, 2.45) is 16.9 Å². The van der Waals surface area contributed by atoms with Gasteiger partial charge in [-0.15, -0.1) is 0 Å². The van der Waals surface area contributed by atoms with Gasteiger partial charge in [-0.2, -0.15) is 0 Å². The average molecular weight is 346 g/mol. The van der Waals surface area contributed by atoms with Gasteiger partial charge in [0.1, 0.15) is 0 Å². The zero-order valence-corrected chi connectivity index (χ0v) is 13.0. The molecule has 0 unspecified atom stereocenters. The number of rotatable bonds is 8. The molecular formula is C14H22N2O8. The molecule has 24 heavy (non-hydrogen) atoms. The Kier molecular flexibility index (Phi) is 5.57. The van der Waals surface area contributed by atoms with Crippen LogP contribution in [0.5, 0.6) is 0 Å². The molecule has 10 heteroatoms. The Labute approximate surface area is 137 Å². The molecule has 136 valence electrons. The normalized spacial score (nSPS) is 28.9. The van der Waals surface area contributed by atoms with E-state index in [0.29, 0.717) is 0 Å². The highest BCUT2D eigenvalue weighted by molar-refractivity contribution is 5.76. The predicted octanol–water partition coefficient (Wildman–Crippen LogP) is -0.549. The second-order valence-corrected chi connectivity index (χ2v) is 6.54. The molecule has 0 heterocycles. The van der Waals surface area contributed by atoms with Crippen LogP contribution in [0.4, 0.5) is 0 Å². The molecule has 0 aliphatic heterocycles. The van der Waals surface area contributed by atoms with Crippen molar-refractivity contribution in [1.82, 2.24) is 0 Å². The van der Waals surface area contributed by atoms with Crippen molar-refractivity contribution in [1.29, 1.82) is 0 Å². The maximum atomic E-state index is 11.3. The van der Waals surface area contributed by atoms with Gasteiger partial charge in [0.25, 0.3) is 0 Å². The highest BCUT2D eigenvalue weighted by Crippen LogP contribution is 2.54. The van der Waals surface area contributed by atoms with Crippen molar-refractivity contribution < 1.29 is 39.6 Å². The van der Waals surface area contributed by atoms with Gasteiger partial charge < -0.3 is 31.9 Å². The first kappa shape index (κ1) is 19.8. The fraction of sp³-hybridized carbons (Fsp3) is 0.714. The molecule has 1 rings (SSSR count). The summed E-state index contributed by atoms with van der Waals surface area (Å²) in [7, 11) is 0. The third-order valence-electron chi connectivity index (χ3n) is 4.99. The number of carboxylic acid groups (broad SMARTS) is 4. The summed E-state index contributed by atoms with van der Waals surface area (Å²) in [6.45, 7) is 0. The zero-order chi connectivity index (χ0) is 18.8. The molecule has 0 spiro atoms. The quantitative estimate of drug-likeness (QED) is 0.331. The monoisotopic (exact) mass is 346 g/mol. The van der Waals surface area contributed by atoms with Crippen LogP contribution in [0.15, 0.2) is 0 Å². The molecule has 8 N–H and O–H groups in total. The Hall–Kier alpha value is -2.20. The summed E-state index contributed by atoms with van der Waals surface area (Å²) in [6, 6.07) is 0. The van der Waals surface area contributed by atoms with Gasteiger partial charge in [-0.05, 0) is 12.8 Å². The summed E-state index contributed by atoms with van der Waals surface area (Å²) in [5.41, 5.74) is 7.03. The molecule has 0 amide bonds. The lowest BCUT2D eigenvalue weighted by atomic mass is 9.49. The van der Waals surface area contributed by atoms with Gasteiger partial charge in [0, 0.05) is 11.0 Å². The largest absolute Gasteiger partial charge is 0.481 e. The minimum Gasteiger partial charge on any atom is -0.481 e. The van der Waals surface area contributed by atoms with Crippen LogP contribution >= 0.6 is 0 Å². The molecule has 1 aliphatic rings. The van der Waals surface area contributed by atoms with Gasteiger partial charge in [-0.3, -0.25) is 19.2 Å². The van der Waals surface area contributed by atoms with Crippen LogP contribution in [0.25, 0.3) is 0 Å². The van der Waals surface area contributed by atoms with Gasteiger partial charge in [0.15, 0.2) is 0 Å². The van der Waals surface area contributed by atoms with E-state index in [4.69, 9.17) is 16.6 Å². The summed E-state index contributed by atoms with van der Waals surface area (Å²) in [4.78, 5) is 45.1. The Bertz CT molecular complexity index is 547. The second-order valence-electron chi connectivity index (χ2n) is 6.54. The third-order valence-corrected chi connectivity index (χ3v) is 4.99. The number of carboxylic acids is 4. The highest BCUT2D eigenvalue weighted by atomic mass is 16.4. The van der Waals surface area contributed by atoms with Crippen molar-refractivity contribution in [3.05, 3.63) is 0 Å². The Morgan fingerprint density at radius 1 is 0.708 bits per heavy atom. The second kappa shape index (κ2) is 6.73. The Balaban J connectivity index is 3.55. The fourth-order valence-corrected chi connectivity index (χ4v) is 3.97. The molecule has 0 radical (unpaired) electrons. The van der Waals surface area contributed by atoms with Crippen molar-refractivity contribution in [3.63, 3.8) is 0 Å². The number of carbonyl (C=O) groups is 4.